The normalized spacial score (nSPS) is 11.7. The molecular formula is C31H32FN5O3. The van der Waals surface area contributed by atoms with Gasteiger partial charge in [-0.2, -0.15) is 0 Å². The van der Waals surface area contributed by atoms with Gasteiger partial charge >= 0.3 is 0 Å². The number of anilines is 1. The molecule has 8 nitrogen and oxygen atoms in total. The Morgan fingerprint density at radius 2 is 1.48 bits per heavy atom. The molecule has 1 aromatic heterocycles. The van der Waals surface area contributed by atoms with E-state index in [1.165, 1.54) is 35.0 Å². The Kier molecular flexibility index (Phi) is 9.53. The lowest BCUT2D eigenvalue weighted by molar-refractivity contribution is -0.122. The molecular weight excluding hydrogens is 509 g/mol. The van der Waals surface area contributed by atoms with Crippen LogP contribution in [0.5, 0.6) is 0 Å². The molecule has 0 bridgehead atoms. The second-order valence-corrected chi connectivity index (χ2v) is 9.53. The summed E-state index contributed by atoms with van der Waals surface area (Å²) in [6, 6.07) is 24.5. The Morgan fingerprint density at radius 1 is 0.900 bits per heavy atom. The van der Waals surface area contributed by atoms with Crippen LogP contribution in [0.4, 0.5) is 10.2 Å². The van der Waals surface area contributed by atoms with E-state index in [-0.39, 0.29) is 24.3 Å². The van der Waals surface area contributed by atoms with Crippen LogP contribution in [0.25, 0.3) is 11.3 Å². The zero-order valence-corrected chi connectivity index (χ0v) is 22.4. The van der Waals surface area contributed by atoms with E-state index >= 15 is 0 Å². The van der Waals surface area contributed by atoms with Crippen LogP contribution in [0, 0.1) is 5.82 Å². The molecule has 0 aliphatic carbocycles. The van der Waals surface area contributed by atoms with E-state index in [1.54, 1.807) is 14.0 Å². The summed E-state index contributed by atoms with van der Waals surface area (Å²) < 4.78 is 14.9. The summed E-state index contributed by atoms with van der Waals surface area (Å²) in [7, 11) is 1.62. The first-order chi connectivity index (χ1) is 19.3. The van der Waals surface area contributed by atoms with Crippen molar-refractivity contribution in [3.8, 4) is 11.3 Å². The van der Waals surface area contributed by atoms with Crippen molar-refractivity contribution in [2.24, 2.45) is 0 Å². The minimum absolute atomic E-state index is 0.198. The Morgan fingerprint density at radius 3 is 2.02 bits per heavy atom. The summed E-state index contributed by atoms with van der Waals surface area (Å²) in [5.74, 6) is -1.45. The summed E-state index contributed by atoms with van der Waals surface area (Å²) in [5, 5.41) is 8.43. The molecule has 0 saturated carbocycles. The van der Waals surface area contributed by atoms with E-state index < -0.39 is 23.3 Å². The van der Waals surface area contributed by atoms with Crippen LogP contribution in [0.1, 0.15) is 18.1 Å². The van der Waals surface area contributed by atoms with Crippen molar-refractivity contribution >= 4 is 17.6 Å². The van der Waals surface area contributed by atoms with Crippen LogP contribution in [-0.2, 0) is 29.0 Å². The predicted molar refractivity (Wildman–Crippen MR) is 153 cm³/mol. The Hall–Kier alpha value is -4.63. The number of likely N-dealkylation sites (N-methyl/N-ethyl adjacent to an activating group) is 1. The first-order valence-corrected chi connectivity index (χ1v) is 13.0. The van der Waals surface area contributed by atoms with Crippen LogP contribution in [0.2, 0.25) is 0 Å². The lowest BCUT2D eigenvalue weighted by Gasteiger charge is -2.21. The quantitative estimate of drug-likeness (QED) is 0.269. The topological polar surface area (TPSA) is 105 Å². The van der Waals surface area contributed by atoms with E-state index in [0.717, 1.165) is 11.1 Å². The van der Waals surface area contributed by atoms with Gasteiger partial charge in [-0.15, -0.1) is 0 Å². The monoisotopic (exact) mass is 541 g/mol. The molecule has 9 heteroatoms. The largest absolute Gasteiger partial charge is 0.351 e. The number of halogens is 1. The molecule has 40 heavy (non-hydrogen) atoms. The van der Waals surface area contributed by atoms with Crippen molar-refractivity contribution in [2.75, 3.05) is 12.4 Å². The zero-order chi connectivity index (χ0) is 28.5. The van der Waals surface area contributed by atoms with E-state index in [1.807, 2.05) is 60.7 Å². The molecule has 0 saturated heterocycles. The van der Waals surface area contributed by atoms with Crippen LogP contribution in [0.15, 0.2) is 95.9 Å². The smallest absolute Gasteiger partial charge is 0.294 e. The van der Waals surface area contributed by atoms with Gasteiger partial charge in [0.15, 0.2) is 5.82 Å². The van der Waals surface area contributed by atoms with Gasteiger partial charge in [-0.3, -0.25) is 19.0 Å². The summed E-state index contributed by atoms with van der Waals surface area (Å²) in [5.41, 5.74) is 2.32. The molecule has 1 heterocycles. The number of amides is 2. The molecule has 3 aromatic carbocycles. The second-order valence-electron chi connectivity index (χ2n) is 9.53. The van der Waals surface area contributed by atoms with Crippen molar-refractivity contribution in [2.45, 2.75) is 38.4 Å². The summed E-state index contributed by atoms with van der Waals surface area (Å²) in [6.07, 6.45) is 2.59. The van der Waals surface area contributed by atoms with Crippen molar-refractivity contribution in [3.63, 3.8) is 0 Å². The van der Waals surface area contributed by atoms with Gasteiger partial charge in [-0.1, -0.05) is 60.7 Å². The van der Waals surface area contributed by atoms with Crippen molar-refractivity contribution < 1.29 is 14.0 Å². The fourth-order valence-corrected chi connectivity index (χ4v) is 4.33. The SMILES string of the molecule is CNC(C)C(=O)Nc1ncc(-c2ccc(F)cc2)n(CC(=O)NC(Cc2ccccc2)Cc2ccccc2)c1=O. The molecule has 1 unspecified atom stereocenters. The van der Waals surface area contributed by atoms with Gasteiger partial charge in [0.25, 0.3) is 5.56 Å². The number of hydrogen-bond donors (Lipinski definition) is 3. The first-order valence-electron chi connectivity index (χ1n) is 13.0. The number of rotatable bonds is 11. The number of carbonyl (C=O) groups is 2. The summed E-state index contributed by atoms with van der Waals surface area (Å²) in [6.45, 7) is 1.33. The molecule has 0 radical (unpaired) electrons. The maximum atomic E-state index is 13.6. The van der Waals surface area contributed by atoms with Crippen LogP contribution < -0.4 is 21.5 Å². The molecule has 206 valence electrons. The average molecular weight is 542 g/mol. The molecule has 3 N–H and O–H groups in total. The van der Waals surface area contributed by atoms with Gasteiger partial charge in [-0.25, -0.2) is 9.37 Å². The molecule has 0 aliphatic rings. The summed E-state index contributed by atoms with van der Waals surface area (Å²) in [4.78, 5) is 43.5. The van der Waals surface area contributed by atoms with Crippen LogP contribution in [0.3, 0.4) is 0 Å². The van der Waals surface area contributed by atoms with Crippen LogP contribution >= 0.6 is 0 Å². The highest BCUT2D eigenvalue weighted by atomic mass is 19.1. The van der Waals surface area contributed by atoms with Gasteiger partial charge in [0, 0.05) is 11.6 Å². The van der Waals surface area contributed by atoms with Crippen molar-refractivity contribution in [1.82, 2.24) is 20.2 Å². The number of hydrogen-bond acceptors (Lipinski definition) is 5. The van der Waals surface area contributed by atoms with Crippen molar-refractivity contribution in [3.05, 3.63) is 118 Å². The Bertz CT molecular complexity index is 1450. The highest BCUT2D eigenvalue weighted by Gasteiger charge is 2.20. The third-order valence-corrected chi connectivity index (χ3v) is 6.58. The molecule has 4 rings (SSSR count). The maximum Gasteiger partial charge on any atom is 0.294 e. The Labute approximate surface area is 232 Å². The number of benzene rings is 3. The van der Waals surface area contributed by atoms with E-state index in [9.17, 15) is 18.8 Å². The van der Waals surface area contributed by atoms with E-state index in [0.29, 0.717) is 24.1 Å². The van der Waals surface area contributed by atoms with Gasteiger partial charge in [0.1, 0.15) is 12.4 Å². The number of carbonyl (C=O) groups excluding carboxylic acids is 2. The van der Waals surface area contributed by atoms with Gasteiger partial charge < -0.3 is 16.0 Å². The van der Waals surface area contributed by atoms with Gasteiger partial charge in [0.2, 0.25) is 11.8 Å². The molecule has 4 aromatic rings. The van der Waals surface area contributed by atoms with Gasteiger partial charge in [-0.05, 0) is 62.2 Å². The maximum absolute atomic E-state index is 13.6. The third-order valence-electron chi connectivity index (χ3n) is 6.58. The minimum Gasteiger partial charge on any atom is -0.351 e. The lowest BCUT2D eigenvalue weighted by atomic mass is 9.99. The second kappa shape index (κ2) is 13.4. The average Bonchev–Trinajstić information content (AvgIpc) is 2.96. The van der Waals surface area contributed by atoms with Crippen LogP contribution in [-0.4, -0.2) is 40.5 Å². The lowest BCUT2D eigenvalue weighted by Crippen LogP contribution is -2.42. The standard InChI is InChI=1S/C31H32FN5O3/c1-21(33-2)30(39)36-29-31(40)37(27(19-34-29)24-13-15-25(32)16-14-24)20-28(38)35-26(17-22-9-5-3-6-10-22)18-23-11-7-4-8-12-23/h3-16,19,21,26,33H,17-18,20H2,1-2H3,(H,35,38)(H,34,36,39). The highest BCUT2D eigenvalue weighted by molar-refractivity contribution is 5.93. The summed E-state index contributed by atoms with van der Waals surface area (Å²) >= 11 is 0. The fourth-order valence-electron chi connectivity index (χ4n) is 4.33. The van der Waals surface area contributed by atoms with E-state index in [2.05, 4.69) is 20.9 Å². The molecule has 0 aliphatic heterocycles. The zero-order valence-electron chi connectivity index (χ0n) is 22.4. The Balaban J connectivity index is 1.63. The number of aromatic nitrogens is 2. The molecule has 0 fully saturated rings. The molecule has 1 atom stereocenters. The van der Waals surface area contributed by atoms with Gasteiger partial charge in [0.05, 0.1) is 17.9 Å². The van der Waals surface area contributed by atoms with Crippen molar-refractivity contribution in [1.29, 1.82) is 0 Å². The fraction of sp³-hybridized carbons (Fsp3) is 0.226. The minimum atomic E-state index is -0.642. The molecule has 0 spiro atoms. The number of nitrogens with zero attached hydrogens (tertiary/aromatic N) is 2. The predicted octanol–water partition coefficient (Wildman–Crippen LogP) is 3.57. The number of nitrogens with one attached hydrogen (secondary N) is 3. The van der Waals surface area contributed by atoms with E-state index in [4.69, 9.17) is 0 Å². The molecule has 2 amide bonds. The third kappa shape index (κ3) is 7.48. The first kappa shape index (κ1) is 28.4. The highest BCUT2D eigenvalue weighted by Crippen LogP contribution is 2.19.